The summed E-state index contributed by atoms with van der Waals surface area (Å²) in [6, 6.07) is 9.94. The minimum atomic E-state index is 0.601. The van der Waals surface area contributed by atoms with Gasteiger partial charge in [0.05, 0.1) is 23.3 Å². The highest BCUT2D eigenvalue weighted by molar-refractivity contribution is 7.71. The molecule has 1 N–H and O–H groups in total. The monoisotopic (exact) mass is 245 g/mol. The molecule has 0 radical (unpaired) electrons. The van der Waals surface area contributed by atoms with Gasteiger partial charge in [-0.2, -0.15) is 0 Å². The van der Waals surface area contributed by atoms with Crippen LogP contribution in [0.2, 0.25) is 0 Å². The number of imidazole rings is 1. The zero-order chi connectivity index (χ0) is 11.8. The number of fused-ring (bicyclic) bond motifs is 1. The fourth-order valence-corrected chi connectivity index (χ4v) is 2.18. The normalized spacial score (nSPS) is 11.1. The van der Waals surface area contributed by atoms with Crippen LogP contribution in [0.4, 0.5) is 0 Å². The fraction of sp³-hybridized carbons (Fsp3) is 0.167. The highest BCUT2D eigenvalue weighted by Gasteiger charge is 2.07. The number of H-pyrrole nitrogens is 1. The van der Waals surface area contributed by atoms with E-state index in [0.717, 1.165) is 22.5 Å². The van der Waals surface area contributed by atoms with Crippen molar-refractivity contribution in [2.24, 2.45) is 0 Å². The number of rotatable bonds is 2. The molecule has 0 aliphatic carbocycles. The lowest BCUT2D eigenvalue weighted by Crippen LogP contribution is -1.98. The zero-order valence-corrected chi connectivity index (χ0v) is 10.1. The van der Waals surface area contributed by atoms with Gasteiger partial charge in [-0.25, -0.2) is 0 Å². The molecular formula is C12H11N3OS. The van der Waals surface area contributed by atoms with Crippen molar-refractivity contribution in [3.8, 4) is 0 Å². The molecule has 0 aliphatic rings. The van der Waals surface area contributed by atoms with Crippen LogP contribution < -0.4 is 0 Å². The predicted molar refractivity (Wildman–Crippen MR) is 67.5 cm³/mol. The summed E-state index contributed by atoms with van der Waals surface area (Å²) in [6.07, 6.45) is 0. The molecule has 2 aromatic heterocycles. The van der Waals surface area contributed by atoms with Crippen molar-refractivity contribution in [2.75, 3.05) is 0 Å². The van der Waals surface area contributed by atoms with E-state index in [1.165, 1.54) is 0 Å². The molecule has 2 heterocycles. The van der Waals surface area contributed by atoms with Gasteiger partial charge in [0.1, 0.15) is 0 Å². The Labute approximate surface area is 103 Å². The van der Waals surface area contributed by atoms with E-state index >= 15 is 0 Å². The number of aromatic amines is 1. The first-order valence-electron chi connectivity index (χ1n) is 5.34. The van der Waals surface area contributed by atoms with Crippen LogP contribution >= 0.6 is 12.2 Å². The molecule has 5 heteroatoms. The molecule has 0 amide bonds. The van der Waals surface area contributed by atoms with E-state index in [2.05, 4.69) is 10.1 Å². The van der Waals surface area contributed by atoms with Crippen LogP contribution in [0.3, 0.4) is 0 Å². The molecular weight excluding hydrogens is 234 g/mol. The van der Waals surface area contributed by atoms with E-state index in [0.29, 0.717) is 11.3 Å². The predicted octanol–water partition coefficient (Wildman–Crippen LogP) is 3.04. The van der Waals surface area contributed by atoms with E-state index in [-0.39, 0.29) is 0 Å². The fourth-order valence-electron chi connectivity index (χ4n) is 1.91. The highest BCUT2D eigenvalue weighted by Crippen LogP contribution is 2.15. The number of hydrogen-bond acceptors (Lipinski definition) is 3. The van der Waals surface area contributed by atoms with Crippen molar-refractivity contribution in [1.82, 2.24) is 14.7 Å². The molecule has 3 rings (SSSR count). The van der Waals surface area contributed by atoms with Crippen LogP contribution in [0.5, 0.6) is 0 Å². The van der Waals surface area contributed by atoms with Gasteiger partial charge in [0.25, 0.3) is 0 Å². The number of nitrogens with zero attached hydrogens (tertiary/aromatic N) is 2. The molecule has 0 saturated carbocycles. The summed E-state index contributed by atoms with van der Waals surface area (Å²) >= 11 is 5.30. The van der Waals surface area contributed by atoms with Crippen molar-refractivity contribution >= 4 is 23.3 Å². The maximum atomic E-state index is 5.30. The average molecular weight is 245 g/mol. The van der Waals surface area contributed by atoms with E-state index in [1.807, 2.05) is 41.8 Å². The van der Waals surface area contributed by atoms with Gasteiger partial charge in [0.15, 0.2) is 10.5 Å². The molecule has 4 nitrogen and oxygen atoms in total. The van der Waals surface area contributed by atoms with Gasteiger partial charge in [0.2, 0.25) is 0 Å². The molecule has 0 aliphatic heterocycles. The van der Waals surface area contributed by atoms with Crippen molar-refractivity contribution in [1.29, 1.82) is 0 Å². The van der Waals surface area contributed by atoms with Gasteiger partial charge in [-0.3, -0.25) is 0 Å². The summed E-state index contributed by atoms with van der Waals surface area (Å²) in [7, 11) is 0. The third kappa shape index (κ3) is 1.78. The average Bonchev–Trinajstić information content (AvgIpc) is 2.85. The Bertz CT molecular complexity index is 723. The molecule has 17 heavy (non-hydrogen) atoms. The van der Waals surface area contributed by atoms with Crippen molar-refractivity contribution in [2.45, 2.75) is 13.5 Å². The lowest BCUT2D eigenvalue weighted by molar-refractivity contribution is 0.373. The summed E-state index contributed by atoms with van der Waals surface area (Å²) in [5.74, 6) is 0.809. The van der Waals surface area contributed by atoms with E-state index in [1.54, 1.807) is 0 Å². The number of hydrogen-bond donors (Lipinski definition) is 1. The molecule has 0 unspecified atom stereocenters. The molecule has 0 fully saturated rings. The second-order valence-electron chi connectivity index (χ2n) is 3.97. The Morgan fingerprint density at radius 1 is 1.41 bits per heavy atom. The number of para-hydroxylation sites is 2. The SMILES string of the molecule is Cc1cc(Cn2c(=S)[nH]c3ccccc32)on1. The first kappa shape index (κ1) is 10.3. The molecule has 1 aromatic carbocycles. The van der Waals surface area contributed by atoms with E-state index in [4.69, 9.17) is 16.7 Å². The van der Waals surface area contributed by atoms with Crippen LogP contribution in [0, 0.1) is 11.7 Å². The molecule has 0 atom stereocenters. The van der Waals surface area contributed by atoms with Gasteiger partial charge < -0.3 is 14.1 Å². The third-order valence-corrected chi connectivity index (χ3v) is 2.99. The second kappa shape index (κ2) is 3.85. The Morgan fingerprint density at radius 2 is 2.24 bits per heavy atom. The summed E-state index contributed by atoms with van der Waals surface area (Å²) in [4.78, 5) is 3.17. The van der Waals surface area contributed by atoms with Crippen LogP contribution in [0.15, 0.2) is 34.9 Å². The van der Waals surface area contributed by atoms with E-state index in [9.17, 15) is 0 Å². The largest absolute Gasteiger partial charge is 0.359 e. The van der Waals surface area contributed by atoms with Crippen LogP contribution in [-0.2, 0) is 6.54 Å². The van der Waals surface area contributed by atoms with Gasteiger partial charge in [0, 0.05) is 6.07 Å². The van der Waals surface area contributed by atoms with E-state index < -0.39 is 0 Å². The quantitative estimate of drug-likeness (QED) is 0.706. The first-order chi connectivity index (χ1) is 8.24. The summed E-state index contributed by atoms with van der Waals surface area (Å²) in [5.41, 5.74) is 2.99. The zero-order valence-electron chi connectivity index (χ0n) is 9.30. The summed E-state index contributed by atoms with van der Waals surface area (Å²) in [6.45, 7) is 2.51. The van der Waals surface area contributed by atoms with Crippen LogP contribution in [0.1, 0.15) is 11.5 Å². The van der Waals surface area contributed by atoms with Crippen LogP contribution in [0.25, 0.3) is 11.0 Å². The minimum absolute atomic E-state index is 0.601. The van der Waals surface area contributed by atoms with Gasteiger partial charge in [-0.1, -0.05) is 17.3 Å². The topological polar surface area (TPSA) is 46.8 Å². The van der Waals surface area contributed by atoms with Crippen molar-refractivity contribution in [3.63, 3.8) is 0 Å². The standard InChI is InChI=1S/C12H11N3OS/c1-8-6-9(16-14-8)7-15-11-5-3-2-4-10(11)13-12(15)17/h2-6H,7H2,1H3,(H,13,17). The van der Waals surface area contributed by atoms with Crippen LogP contribution in [-0.4, -0.2) is 14.7 Å². The lowest BCUT2D eigenvalue weighted by Gasteiger charge is -2.00. The third-order valence-electron chi connectivity index (χ3n) is 2.67. The number of aromatic nitrogens is 3. The summed E-state index contributed by atoms with van der Waals surface area (Å²) in [5, 5.41) is 3.87. The molecule has 0 bridgehead atoms. The van der Waals surface area contributed by atoms with Gasteiger partial charge >= 0.3 is 0 Å². The van der Waals surface area contributed by atoms with Crippen molar-refractivity contribution in [3.05, 3.63) is 46.6 Å². The number of nitrogens with one attached hydrogen (secondary N) is 1. The highest BCUT2D eigenvalue weighted by atomic mass is 32.1. The second-order valence-corrected chi connectivity index (χ2v) is 4.35. The van der Waals surface area contributed by atoms with Crippen molar-refractivity contribution < 1.29 is 4.52 Å². The minimum Gasteiger partial charge on any atom is -0.359 e. The molecule has 3 aromatic rings. The lowest BCUT2D eigenvalue weighted by atomic mass is 10.3. The number of aryl methyl sites for hydroxylation is 1. The maximum Gasteiger partial charge on any atom is 0.178 e. The van der Waals surface area contributed by atoms with Gasteiger partial charge in [-0.15, -0.1) is 0 Å². The Morgan fingerprint density at radius 3 is 3.00 bits per heavy atom. The smallest absolute Gasteiger partial charge is 0.178 e. The Kier molecular flexibility index (Phi) is 2.33. The van der Waals surface area contributed by atoms with Gasteiger partial charge in [-0.05, 0) is 31.3 Å². The molecule has 0 spiro atoms. The first-order valence-corrected chi connectivity index (χ1v) is 5.74. The maximum absolute atomic E-state index is 5.30. The molecule has 86 valence electrons. The summed E-state index contributed by atoms with van der Waals surface area (Å²) < 4.78 is 7.91. The molecule has 0 saturated heterocycles. The Hall–Kier alpha value is -1.88. The number of benzene rings is 1. The Balaban J connectivity index is 2.11.